The zero-order valence-corrected chi connectivity index (χ0v) is 13.9. The van der Waals surface area contributed by atoms with E-state index in [0.29, 0.717) is 11.5 Å². The molecule has 22 heavy (non-hydrogen) atoms. The van der Waals surface area contributed by atoms with E-state index in [2.05, 4.69) is 26.8 Å². The summed E-state index contributed by atoms with van der Waals surface area (Å²) < 4.78 is 0. The van der Waals surface area contributed by atoms with Gasteiger partial charge in [0, 0.05) is 5.41 Å². The maximum absolute atomic E-state index is 9.69. The molecule has 0 heterocycles. The summed E-state index contributed by atoms with van der Waals surface area (Å²) in [6.07, 6.45) is 2.23. The molecule has 2 heteroatoms. The Morgan fingerprint density at radius 2 is 1.45 bits per heavy atom. The third-order valence-corrected chi connectivity index (χ3v) is 4.17. The second kappa shape index (κ2) is 5.88. The summed E-state index contributed by atoms with van der Waals surface area (Å²) in [7, 11) is 0. The average Bonchev–Trinajstić information content (AvgIpc) is 2.44. The number of phenolic OH excluding ortho intramolecular Hbond substituents is 2. The normalized spacial score (nSPS) is 12.5. The monoisotopic (exact) mass is 296 g/mol. The molecule has 2 aromatic rings. The predicted molar refractivity (Wildman–Crippen MR) is 92.4 cm³/mol. The van der Waals surface area contributed by atoms with Crippen LogP contribution in [0.15, 0.2) is 42.5 Å². The van der Waals surface area contributed by atoms with Gasteiger partial charge in [0.15, 0.2) is 0 Å². The van der Waals surface area contributed by atoms with Crippen LogP contribution in [0.25, 0.3) is 5.57 Å². The lowest BCUT2D eigenvalue weighted by molar-refractivity contribution is 0.470. The van der Waals surface area contributed by atoms with Crippen LogP contribution in [0, 0.1) is 13.8 Å². The van der Waals surface area contributed by atoms with Crippen LogP contribution in [0.5, 0.6) is 11.5 Å². The Balaban J connectivity index is 2.39. The lowest BCUT2D eigenvalue weighted by Crippen LogP contribution is -2.14. The third kappa shape index (κ3) is 3.33. The Hall–Kier alpha value is -2.22. The van der Waals surface area contributed by atoms with Gasteiger partial charge in [0.1, 0.15) is 11.5 Å². The molecule has 0 unspecified atom stereocenters. The van der Waals surface area contributed by atoms with Gasteiger partial charge < -0.3 is 10.2 Å². The maximum Gasteiger partial charge on any atom is 0.118 e. The molecule has 2 nitrogen and oxygen atoms in total. The fourth-order valence-electron chi connectivity index (χ4n) is 2.66. The lowest BCUT2D eigenvalue weighted by atomic mass is 9.81. The maximum atomic E-state index is 9.69. The molecule has 0 saturated carbocycles. The summed E-state index contributed by atoms with van der Waals surface area (Å²) in [5.74, 6) is 0.652. The highest BCUT2D eigenvalue weighted by Crippen LogP contribution is 2.32. The molecule has 0 saturated heterocycles. The van der Waals surface area contributed by atoms with E-state index < -0.39 is 0 Å². The largest absolute Gasteiger partial charge is 0.508 e. The fourth-order valence-corrected chi connectivity index (χ4v) is 2.66. The quantitative estimate of drug-likeness (QED) is 0.827. The highest BCUT2D eigenvalue weighted by Gasteiger charge is 2.19. The molecule has 116 valence electrons. The molecule has 0 fully saturated rings. The number of aromatic hydroxyl groups is 2. The summed E-state index contributed by atoms with van der Waals surface area (Å²) in [4.78, 5) is 0. The molecular weight excluding hydrogens is 272 g/mol. The molecule has 0 bridgehead atoms. The van der Waals surface area contributed by atoms with Crippen LogP contribution in [-0.2, 0) is 5.41 Å². The molecule has 2 aromatic carbocycles. The summed E-state index contributed by atoms with van der Waals surface area (Å²) in [6, 6.07) is 11.4. The first-order valence-electron chi connectivity index (χ1n) is 7.50. The molecule has 0 atom stereocenters. The van der Waals surface area contributed by atoms with Crippen LogP contribution in [0.3, 0.4) is 0 Å². The van der Waals surface area contributed by atoms with Crippen LogP contribution in [-0.4, -0.2) is 10.2 Å². The first-order chi connectivity index (χ1) is 10.2. The van der Waals surface area contributed by atoms with Gasteiger partial charge in [-0.3, -0.25) is 0 Å². The number of allylic oxidation sites excluding steroid dienone is 2. The van der Waals surface area contributed by atoms with Crippen molar-refractivity contribution in [2.45, 2.75) is 40.0 Å². The molecule has 0 spiro atoms. The van der Waals surface area contributed by atoms with Gasteiger partial charge in [-0.05, 0) is 66.8 Å². The van der Waals surface area contributed by atoms with Crippen molar-refractivity contribution in [3.63, 3.8) is 0 Å². The number of hydrogen-bond donors (Lipinski definition) is 2. The number of rotatable bonds is 3. The van der Waals surface area contributed by atoms with Gasteiger partial charge in [-0.25, -0.2) is 0 Å². The average molecular weight is 296 g/mol. The van der Waals surface area contributed by atoms with Gasteiger partial charge in [0.05, 0.1) is 0 Å². The molecule has 0 radical (unpaired) electrons. The Morgan fingerprint density at radius 1 is 0.909 bits per heavy atom. The fraction of sp³-hybridized carbons (Fsp3) is 0.300. The Morgan fingerprint density at radius 3 is 2.00 bits per heavy atom. The summed E-state index contributed by atoms with van der Waals surface area (Å²) in [5, 5.41) is 19.3. The van der Waals surface area contributed by atoms with Gasteiger partial charge >= 0.3 is 0 Å². The molecule has 0 amide bonds. The Labute approximate surface area is 132 Å². The van der Waals surface area contributed by atoms with E-state index in [1.54, 1.807) is 12.1 Å². The van der Waals surface area contributed by atoms with E-state index in [-0.39, 0.29) is 5.41 Å². The highest BCUT2D eigenvalue weighted by molar-refractivity contribution is 5.67. The summed E-state index contributed by atoms with van der Waals surface area (Å²) in [5.41, 5.74) is 5.06. The van der Waals surface area contributed by atoms with Gasteiger partial charge in [0.2, 0.25) is 0 Å². The lowest BCUT2D eigenvalue weighted by Gasteiger charge is -2.23. The van der Waals surface area contributed by atoms with Crippen molar-refractivity contribution in [1.82, 2.24) is 0 Å². The second-order valence-corrected chi connectivity index (χ2v) is 6.55. The molecule has 2 rings (SSSR count). The zero-order chi connectivity index (χ0) is 16.5. The van der Waals surface area contributed by atoms with Gasteiger partial charge in [-0.1, -0.05) is 38.1 Å². The van der Waals surface area contributed by atoms with Crippen LogP contribution < -0.4 is 0 Å². The van der Waals surface area contributed by atoms with Gasteiger partial charge in [0.25, 0.3) is 0 Å². The van der Waals surface area contributed by atoms with Crippen molar-refractivity contribution < 1.29 is 10.2 Å². The van der Waals surface area contributed by atoms with Crippen molar-refractivity contribution in [2.24, 2.45) is 0 Å². The van der Waals surface area contributed by atoms with Gasteiger partial charge in [-0.15, -0.1) is 0 Å². The van der Waals surface area contributed by atoms with Crippen LogP contribution in [0.4, 0.5) is 0 Å². The van der Waals surface area contributed by atoms with Crippen molar-refractivity contribution in [3.8, 4) is 11.5 Å². The van der Waals surface area contributed by atoms with Crippen LogP contribution in [0.1, 0.15) is 43.0 Å². The third-order valence-electron chi connectivity index (χ3n) is 4.17. The van der Waals surface area contributed by atoms with Crippen molar-refractivity contribution in [1.29, 1.82) is 0 Å². The van der Waals surface area contributed by atoms with E-state index in [9.17, 15) is 10.2 Å². The Bertz CT molecular complexity index is 724. The molecule has 2 N–H and O–H groups in total. The first-order valence-corrected chi connectivity index (χ1v) is 7.50. The van der Waals surface area contributed by atoms with Crippen molar-refractivity contribution >= 4 is 5.57 Å². The summed E-state index contributed by atoms with van der Waals surface area (Å²) in [6.45, 7) is 10.2. The van der Waals surface area contributed by atoms with Gasteiger partial charge in [-0.2, -0.15) is 0 Å². The molecular formula is C20H24O2. The number of aryl methyl sites for hydroxylation is 2. The topological polar surface area (TPSA) is 40.5 Å². The Kier molecular flexibility index (Phi) is 4.32. The predicted octanol–water partition coefficient (Wildman–Crippen LogP) is 5.10. The molecule has 0 aromatic heterocycles. The van der Waals surface area contributed by atoms with Crippen LogP contribution >= 0.6 is 0 Å². The number of benzene rings is 2. The highest BCUT2D eigenvalue weighted by atomic mass is 16.3. The zero-order valence-electron chi connectivity index (χ0n) is 13.9. The van der Waals surface area contributed by atoms with E-state index >= 15 is 0 Å². The number of hydrogen-bond acceptors (Lipinski definition) is 2. The van der Waals surface area contributed by atoms with E-state index in [4.69, 9.17) is 0 Å². The summed E-state index contributed by atoms with van der Waals surface area (Å²) >= 11 is 0. The van der Waals surface area contributed by atoms with E-state index in [1.165, 1.54) is 5.57 Å². The SMILES string of the molecule is CC(=CC(C)(C)c1ccc(O)c(C)c1)c1ccc(O)c(C)c1. The minimum absolute atomic E-state index is 0.145. The van der Waals surface area contributed by atoms with Crippen LogP contribution in [0.2, 0.25) is 0 Å². The minimum atomic E-state index is -0.145. The van der Waals surface area contributed by atoms with E-state index in [0.717, 1.165) is 22.3 Å². The van der Waals surface area contributed by atoms with Crippen molar-refractivity contribution in [3.05, 3.63) is 64.7 Å². The molecule has 0 aliphatic rings. The minimum Gasteiger partial charge on any atom is -0.508 e. The van der Waals surface area contributed by atoms with E-state index in [1.807, 2.05) is 38.1 Å². The second-order valence-electron chi connectivity index (χ2n) is 6.55. The number of phenols is 2. The molecule has 0 aliphatic heterocycles. The van der Waals surface area contributed by atoms with Crippen molar-refractivity contribution in [2.75, 3.05) is 0 Å². The smallest absolute Gasteiger partial charge is 0.118 e. The first kappa shape index (κ1) is 16.2. The standard InChI is InChI=1S/C20H24O2/c1-13-10-16(6-8-18(13)21)15(3)12-20(4,5)17-7-9-19(22)14(2)11-17/h6-12,21-22H,1-5H3. The molecule has 0 aliphatic carbocycles.